The van der Waals surface area contributed by atoms with Crippen LogP contribution in [-0.2, 0) is 9.53 Å². The van der Waals surface area contributed by atoms with E-state index in [-0.39, 0.29) is 18.0 Å². The number of carbonyl (C=O) groups excluding carboxylic acids is 2. The van der Waals surface area contributed by atoms with E-state index in [1.165, 1.54) is 32.1 Å². The lowest BCUT2D eigenvalue weighted by Gasteiger charge is -2.37. The van der Waals surface area contributed by atoms with Gasteiger partial charge in [-0.15, -0.1) is 0 Å². The Morgan fingerprint density at radius 3 is 2.34 bits per heavy atom. The SMILES string of the molecule is CC(C)N(CC1CCCN(CC(=O)NCC2CCCCC2)C1)C(=O)OC(C)(C)C. The van der Waals surface area contributed by atoms with Crippen molar-refractivity contribution < 1.29 is 14.3 Å². The highest BCUT2D eigenvalue weighted by molar-refractivity contribution is 5.78. The quantitative estimate of drug-likeness (QED) is 0.689. The third-order valence-corrected chi connectivity index (χ3v) is 5.99. The molecule has 0 aromatic rings. The summed E-state index contributed by atoms with van der Waals surface area (Å²) in [6.07, 6.45) is 8.37. The normalized spacial score (nSPS) is 21.8. The second-order valence-corrected chi connectivity index (χ2v) is 10.3. The van der Waals surface area contributed by atoms with E-state index in [9.17, 15) is 9.59 Å². The lowest BCUT2D eigenvalue weighted by Crippen LogP contribution is -2.48. The zero-order chi connectivity index (χ0) is 21.4. The molecule has 0 spiro atoms. The molecule has 2 amide bonds. The summed E-state index contributed by atoms with van der Waals surface area (Å²) in [6.45, 7) is 13.6. The fourth-order valence-electron chi connectivity index (χ4n) is 4.45. The number of hydrogen-bond acceptors (Lipinski definition) is 4. The number of rotatable bonds is 7. The van der Waals surface area contributed by atoms with Crippen LogP contribution in [0.3, 0.4) is 0 Å². The van der Waals surface area contributed by atoms with Crippen molar-refractivity contribution in [1.29, 1.82) is 0 Å². The molecule has 0 aromatic carbocycles. The fourth-order valence-corrected chi connectivity index (χ4v) is 4.45. The van der Waals surface area contributed by atoms with Crippen LogP contribution < -0.4 is 5.32 Å². The molecule has 1 atom stereocenters. The molecule has 168 valence electrons. The first-order valence-electron chi connectivity index (χ1n) is 11.6. The Morgan fingerprint density at radius 2 is 1.72 bits per heavy atom. The van der Waals surface area contributed by atoms with Gasteiger partial charge >= 0.3 is 6.09 Å². The second-order valence-electron chi connectivity index (χ2n) is 10.3. The topological polar surface area (TPSA) is 61.9 Å². The highest BCUT2D eigenvalue weighted by Crippen LogP contribution is 2.23. The summed E-state index contributed by atoms with van der Waals surface area (Å²) in [5, 5.41) is 3.15. The molecule has 6 nitrogen and oxygen atoms in total. The molecule has 29 heavy (non-hydrogen) atoms. The van der Waals surface area contributed by atoms with Gasteiger partial charge in [0.05, 0.1) is 6.54 Å². The van der Waals surface area contributed by atoms with Gasteiger partial charge in [0, 0.05) is 25.7 Å². The average Bonchev–Trinajstić information content (AvgIpc) is 2.64. The first-order valence-corrected chi connectivity index (χ1v) is 11.6. The van der Waals surface area contributed by atoms with Gasteiger partial charge in [-0.25, -0.2) is 4.79 Å². The molecule has 0 bridgehead atoms. The molecule has 2 rings (SSSR count). The standard InChI is InChI=1S/C23H43N3O3/c1-18(2)26(22(28)29-23(3,4)5)16-20-12-9-13-25(15-20)17-21(27)24-14-19-10-7-6-8-11-19/h18-20H,6-17H2,1-5H3,(H,24,27). The Balaban J connectivity index is 1.79. The van der Waals surface area contributed by atoms with Crippen LogP contribution in [0.1, 0.15) is 79.6 Å². The molecular formula is C23H43N3O3. The van der Waals surface area contributed by atoms with E-state index in [2.05, 4.69) is 10.2 Å². The molecule has 1 aliphatic heterocycles. The zero-order valence-corrected chi connectivity index (χ0v) is 19.3. The van der Waals surface area contributed by atoms with Gasteiger partial charge in [-0.2, -0.15) is 0 Å². The van der Waals surface area contributed by atoms with E-state index >= 15 is 0 Å². The lowest BCUT2D eigenvalue weighted by molar-refractivity contribution is -0.123. The minimum Gasteiger partial charge on any atom is -0.444 e. The number of nitrogens with zero attached hydrogens (tertiary/aromatic N) is 2. The minimum atomic E-state index is -0.487. The minimum absolute atomic E-state index is 0.0963. The zero-order valence-electron chi connectivity index (χ0n) is 19.3. The second kappa shape index (κ2) is 11.2. The van der Waals surface area contributed by atoms with Crippen LogP contribution >= 0.6 is 0 Å². The smallest absolute Gasteiger partial charge is 0.410 e. The Morgan fingerprint density at radius 1 is 1.07 bits per heavy atom. The summed E-state index contributed by atoms with van der Waals surface area (Å²) in [5.74, 6) is 1.18. The summed E-state index contributed by atoms with van der Waals surface area (Å²) in [7, 11) is 0. The first kappa shape index (κ1) is 24.0. The Labute approximate surface area is 177 Å². The van der Waals surface area contributed by atoms with Crippen molar-refractivity contribution in [1.82, 2.24) is 15.1 Å². The van der Waals surface area contributed by atoms with E-state index in [0.717, 1.165) is 32.5 Å². The predicted octanol–water partition coefficient (Wildman–Crippen LogP) is 4.04. The third kappa shape index (κ3) is 8.93. The lowest BCUT2D eigenvalue weighted by atomic mass is 9.89. The maximum absolute atomic E-state index is 12.6. The molecule has 6 heteroatoms. The average molecular weight is 410 g/mol. The van der Waals surface area contributed by atoms with Crippen LogP contribution in [-0.4, -0.2) is 66.2 Å². The summed E-state index contributed by atoms with van der Waals surface area (Å²) in [4.78, 5) is 29.1. The summed E-state index contributed by atoms with van der Waals surface area (Å²) >= 11 is 0. The van der Waals surface area contributed by atoms with E-state index < -0.39 is 5.60 Å². The summed E-state index contributed by atoms with van der Waals surface area (Å²) in [6, 6.07) is 0.0963. The molecule has 2 fully saturated rings. The van der Waals surface area contributed by atoms with Crippen molar-refractivity contribution in [2.45, 2.75) is 91.2 Å². The molecule has 1 saturated carbocycles. The number of amides is 2. The molecule has 0 aromatic heterocycles. The van der Waals surface area contributed by atoms with Crippen LogP contribution in [0.2, 0.25) is 0 Å². The molecule has 2 aliphatic rings. The molecule has 0 radical (unpaired) electrons. The molecule has 1 N–H and O–H groups in total. The van der Waals surface area contributed by atoms with Gasteiger partial charge in [-0.05, 0) is 78.7 Å². The van der Waals surface area contributed by atoms with Gasteiger partial charge in [0.15, 0.2) is 0 Å². The molecule has 1 saturated heterocycles. The van der Waals surface area contributed by atoms with Gasteiger partial charge < -0.3 is 15.0 Å². The monoisotopic (exact) mass is 409 g/mol. The van der Waals surface area contributed by atoms with Gasteiger partial charge in [0.25, 0.3) is 0 Å². The van der Waals surface area contributed by atoms with E-state index in [1.54, 1.807) is 0 Å². The molecule has 1 unspecified atom stereocenters. The van der Waals surface area contributed by atoms with Crippen LogP contribution in [0.5, 0.6) is 0 Å². The third-order valence-electron chi connectivity index (χ3n) is 5.99. The molecule has 1 heterocycles. The maximum Gasteiger partial charge on any atom is 0.410 e. The van der Waals surface area contributed by atoms with Crippen molar-refractivity contribution in [3.05, 3.63) is 0 Å². The predicted molar refractivity (Wildman–Crippen MR) is 117 cm³/mol. The van der Waals surface area contributed by atoms with Crippen molar-refractivity contribution in [2.75, 3.05) is 32.7 Å². The fraction of sp³-hybridized carbons (Fsp3) is 0.913. The Hall–Kier alpha value is -1.30. The Bertz CT molecular complexity index is 524. The van der Waals surface area contributed by atoms with Gasteiger partial charge in [-0.3, -0.25) is 9.69 Å². The first-order chi connectivity index (χ1) is 13.6. The van der Waals surface area contributed by atoms with Crippen molar-refractivity contribution in [3.63, 3.8) is 0 Å². The number of likely N-dealkylation sites (tertiary alicyclic amines) is 1. The van der Waals surface area contributed by atoms with E-state index in [0.29, 0.717) is 24.9 Å². The molecule has 1 aliphatic carbocycles. The number of nitrogens with one attached hydrogen (secondary N) is 1. The number of hydrogen-bond donors (Lipinski definition) is 1. The maximum atomic E-state index is 12.6. The summed E-state index contributed by atoms with van der Waals surface area (Å²) < 4.78 is 5.59. The van der Waals surface area contributed by atoms with Gasteiger partial charge in [0.1, 0.15) is 5.60 Å². The summed E-state index contributed by atoms with van der Waals surface area (Å²) in [5.41, 5.74) is -0.487. The van der Waals surface area contributed by atoms with E-state index in [4.69, 9.17) is 4.74 Å². The highest BCUT2D eigenvalue weighted by Gasteiger charge is 2.29. The number of piperidine rings is 1. The van der Waals surface area contributed by atoms with Crippen LogP contribution in [0.15, 0.2) is 0 Å². The van der Waals surface area contributed by atoms with Crippen LogP contribution in [0, 0.1) is 11.8 Å². The number of carbonyl (C=O) groups is 2. The van der Waals surface area contributed by atoms with Crippen molar-refractivity contribution >= 4 is 12.0 Å². The van der Waals surface area contributed by atoms with Crippen LogP contribution in [0.4, 0.5) is 4.79 Å². The van der Waals surface area contributed by atoms with Crippen molar-refractivity contribution in [2.24, 2.45) is 11.8 Å². The number of ether oxygens (including phenoxy) is 1. The van der Waals surface area contributed by atoms with Crippen molar-refractivity contribution in [3.8, 4) is 0 Å². The van der Waals surface area contributed by atoms with Gasteiger partial charge in [0.2, 0.25) is 5.91 Å². The van der Waals surface area contributed by atoms with Crippen LogP contribution in [0.25, 0.3) is 0 Å². The highest BCUT2D eigenvalue weighted by atomic mass is 16.6. The van der Waals surface area contributed by atoms with E-state index in [1.807, 2.05) is 39.5 Å². The Kier molecular flexibility index (Phi) is 9.25. The van der Waals surface area contributed by atoms with Gasteiger partial charge in [-0.1, -0.05) is 19.3 Å². The molecular weight excluding hydrogens is 366 g/mol. The largest absolute Gasteiger partial charge is 0.444 e.